The summed E-state index contributed by atoms with van der Waals surface area (Å²) in [5.74, 6) is 1.68. The lowest BCUT2D eigenvalue weighted by atomic mass is 9.87. The molecule has 1 aromatic carbocycles. The zero-order valence-electron chi connectivity index (χ0n) is 9.55. The van der Waals surface area contributed by atoms with Gasteiger partial charge >= 0.3 is 0 Å². The second-order valence-corrected chi connectivity index (χ2v) is 4.35. The molecule has 0 aromatic heterocycles. The summed E-state index contributed by atoms with van der Waals surface area (Å²) in [7, 11) is 3.34. The molecule has 0 bridgehead atoms. The van der Waals surface area contributed by atoms with Crippen LogP contribution in [0.1, 0.15) is 26.3 Å². The van der Waals surface area contributed by atoms with Crippen LogP contribution in [0.4, 0.5) is 0 Å². The van der Waals surface area contributed by atoms with E-state index in [1.165, 1.54) is 5.56 Å². The molecule has 0 atom stereocenters. The molecular formula is C12H18O2. The summed E-state index contributed by atoms with van der Waals surface area (Å²) >= 11 is 0. The Morgan fingerprint density at radius 3 is 1.57 bits per heavy atom. The first-order valence-electron chi connectivity index (χ1n) is 4.71. The Morgan fingerprint density at radius 2 is 1.29 bits per heavy atom. The third kappa shape index (κ3) is 2.41. The molecule has 1 aromatic rings. The Bertz CT molecular complexity index is 288. The molecule has 0 saturated heterocycles. The molecule has 14 heavy (non-hydrogen) atoms. The van der Waals surface area contributed by atoms with Gasteiger partial charge in [-0.05, 0) is 23.1 Å². The van der Waals surface area contributed by atoms with Crippen LogP contribution < -0.4 is 9.47 Å². The summed E-state index contributed by atoms with van der Waals surface area (Å²) in [5.41, 5.74) is 1.33. The topological polar surface area (TPSA) is 18.5 Å². The quantitative estimate of drug-likeness (QED) is 0.720. The van der Waals surface area contributed by atoms with E-state index in [2.05, 4.69) is 20.8 Å². The molecule has 0 amide bonds. The average molecular weight is 194 g/mol. The van der Waals surface area contributed by atoms with Crippen LogP contribution in [0, 0.1) is 0 Å². The Kier molecular flexibility index (Phi) is 3.04. The van der Waals surface area contributed by atoms with Gasteiger partial charge in [0.15, 0.2) is 0 Å². The van der Waals surface area contributed by atoms with Crippen LogP contribution in [0.2, 0.25) is 0 Å². The molecule has 0 fully saturated rings. The van der Waals surface area contributed by atoms with E-state index in [0.29, 0.717) is 0 Å². The fourth-order valence-electron chi connectivity index (χ4n) is 1.24. The summed E-state index contributed by atoms with van der Waals surface area (Å²) in [6.45, 7) is 6.50. The first kappa shape index (κ1) is 10.9. The maximum atomic E-state index is 5.21. The molecule has 0 aliphatic carbocycles. The van der Waals surface area contributed by atoms with Gasteiger partial charge in [0.2, 0.25) is 0 Å². The number of ether oxygens (including phenoxy) is 2. The van der Waals surface area contributed by atoms with Crippen molar-refractivity contribution in [2.45, 2.75) is 26.2 Å². The number of rotatable bonds is 2. The lowest BCUT2D eigenvalue weighted by Crippen LogP contribution is -2.11. The number of methoxy groups -OCH3 is 2. The minimum absolute atomic E-state index is 0.113. The van der Waals surface area contributed by atoms with Crippen molar-refractivity contribution in [3.05, 3.63) is 23.8 Å². The van der Waals surface area contributed by atoms with Crippen molar-refractivity contribution in [2.75, 3.05) is 14.2 Å². The van der Waals surface area contributed by atoms with Gasteiger partial charge in [-0.2, -0.15) is 0 Å². The second kappa shape index (κ2) is 3.91. The smallest absolute Gasteiger partial charge is 0.122 e. The van der Waals surface area contributed by atoms with Gasteiger partial charge in [-0.15, -0.1) is 0 Å². The van der Waals surface area contributed by atoms with Crippen molar-refractivity contribution in [2.24, 2.45) is 0 Å². The van der Waals surface area contributed by atoms with Crippen LogP contribution in [0.15, 0.2) is 18.2 Å². The van der Waals surface area contributed by atoms with E-state index >= 15 is 0 Å². The number of hydrogen-bond donors (Lipinski definition) is 0. The molecule has 2 heteroatoms. The average Bonchev–Trinajstić information content (AvgIpc) is 2.15. The molecule has 0 radical (unpaired) electrons. The molecule has 0 N–H and O–H groups in total. The van der Waals surface area contributed by atoms with Gasteiger partial charge in [0.1, 0.15) is 11.5 Å². The lowest BCUT2D eigenvalue weighted by molar-refractivity contribution is 0.391. The highest BCUT2D eigenvalue weighted by atomic mass is 16.5. The first-order chi connectivity index (χ1) is 6.47. The summed E-state index contributed by atoms with van der Waals surface area (Å²) in [6.07, 6.45) is 0. The predicted octanol–water partition coefficient (Wildman–Crippen LogP) is 3.00. The molecule has 0 spiro atoms. The highest BCUT2D eigenvalue weighted by Gasteiger charge is 2.15. The third-order valence-electron chi connectivity index (χ3n) is 2.22. The Labute approximate surface area is 85.8 Å². The maximum Gasteiger partial charge on any atom is 0.122 e. The van der Waals surface area contributed by atoms with Gasteiger partial charge < -0.3 is 9.47 Å². The lowest BCUT2D eigenvalue weighted by Gasteiger charge is -2.20. The third-order valence-corrected chi connectivity index (χ3v) is 2.22. The van der Waals surface area contributed by atoms with Gasteiger partial charge in [-0.3, -0.25) is 0 Å². The standard InChI is InChI=1S/C12H18O2/c1-12(2,3)9-6-10(13-4)8-11(7-9)14-5/h6-8H,1-5H3. The van der Waals surface area contributed by atoms with E-state index in [0.717, 1.165) is 11.5 Å². The molecule has 78 valence electrons. The van der Waals surface area contributed by atoms with Crippen molar-refractivity contribution in [3.63, 3.8) is 0 Å². The van der Waals surface area contributed by atoms with E-state index in [1.807, 2.05) is 18.2 Å². The fourth-order valence-corrected chi connectivity index (χ4v) is 1.24. The van der Waals surface area contributed by atoms with Crippen molar-refractivity contribution in [3.8, 4) is 11.5 Å². The molecule has 0 aliphatic rings. The predicted molar refractivity (Wildman–Crippen MR) is 58.2 cm³/mol. The molecule has 1 rings (SSSR count). The van der Waals surface area contributed by atoms with Crippen LogP contribution in [0.5, 0.6) is 11.5 Å². The second-order valence-electron chi connectivity index (χ2n) is 4.35. The summed E-state index contributed by atoms with van der Waals surface area (Å²) in [6, 6.07) is 5.97. The molecule has 0 heterocycles. The van der Waals surface area contributed by atoms with Gasteiger partial charge in [0, 0.05) is 6.07 Å². The molecule has 0 unspecified atom stereocenters. The molecule has 0 saturated carbocycles. The van der Waals surface area contributed by atoms with Crippen LogP contribution in [0.3, 0.4) is 0 Å². The fraction of sp³-hybridized carbons (Fsp3) is 0.500. The Hall–Kier alpha value is -1.18. The minimum atomic E-state index is 0.113. The summed E-state index contributed by atoms with van der Waals surface area (Å²) in [5, 5.41) is 0. The minimum Gasteiger partial charge on any atom is -0.497 e. The monoisotopic (exact) mass is 194 g/mol. The van der Waals surface area contributed by atoms with E-state index < -0.39 is 0 Å². The number of benzene rings is 1. The van der Waals surface area contributed by atoms with Crippen LogP contribution in [-0.2, 0) is 5.41 Å². The van der Waals surface area contributed by atoms with Crippen LogP contribution in [0.25, 0.3) is 0 Å². The molecule has 0 aliphatic heterocycles. The SMILES string of the molecule is COc1cc(OC)cc(C(C)(C)C)c1. The van der Waals surface area contributed by atoms with E-state index in [4.69, 9.17) is 9.47 Å². The van der Waals surface area contributed by atoms with Crippen molar-refractivity contribution >= 4 is 0 Å². The Balaban J connectivity index is 3.17. The summed E-state index contributed by atoms with van der Waals surface area (Å²) in [4.78, 5) is 0. The largest absolute Gasteiger partial charge is 0.497 e. The van der Waals surface area contributed by atoms with Gasteiger partial charge in [-0.1, -0.05) is 20.8 Å². The van der Waals surface area contributed by atoms with Gasteiger partial charge in [-0.25, -0.2) is 0 Å². The number of hydrogen-bond acceptors (Lipinski definition) is 2. The zero-order valence-corrected chi connectivity index (χ0v) is 9.55. The zero-order chi connectivity index (χ0) is 10.8. The first-order valence-corrected chi connectivity index (χ1v) is 4.71. The van der Waals surface area contributed by atoms with E-state index in [-0.39, 0.29) is 5.41 Å². The van der Waals surface area contributed by atoms with Gasteiger partial charge in [0.25, 0.3) is 0 Å². The van der Waals surface area contributed by atoms with Crippen molar-refractivity contribution in [1.82, 2.24) is 0 Å². The molecule has 2 nitrogen and oxygen atoms in total. The highest BCUT2D eigenvalue weighted by Crippen LogP contribution is 2.30. The normalized spacial score (nSPS) is 11.2. The van der Waals surface area contributed by atoms with Crippen LogP contribution in [-0.4, -0.2) is 14.2 Å². The summed E-state index contributed by atoms with van der Waals surface area (Å²) < 4.78 is 10.4. The van der Waals surface area contributed by atoms with E-state index in [9.17, 15) is 0 Å². The maximum absolute atomic E-state index is 5.21. The van der Waals surface area contributed by atoms with Crippen LogP contribution >= 0.6 is 0 Å². The van der Waals surface area contributed by atoms with E-state index in [1.54, 1.807) is 14.2 Å². The van der Waals surface area contributed by atoms with Crippen molar-refractivity contribution < 1.29 is 9.47 Å². The van der Waals surface area contributed by atoms with Crippen molar-refractivity contribution in [1.29, 1.82) is 0 Å². The Morgan fingerprint density at radius 1 is 0.857 bits per heavy atom. The molecular weight excluding hydrogens is 176 g/mol. The highest BCUT2D eigenvalue weighted by molar-refractivity contribution is 5.41. The van der Waals surface area contributed by atoms with Gasteiger partial charge in [0.05, 0.1) is 14.2 Å².